The number of hydrogen-bond acceptors (Lipinski definition) is 3. The predicted molar refractivity (Wildman–Crippen MR) is 124 cm³/mol. The number of aromatic nitrogens is 1. The highest BCUT2D eigenvalue weighted by Gasteiger charge is 2.32. The molecule has 0 spiro atoms. The highest BCUT2D eigenvalue weighted by molar-refractivity contribution is 6.33. The molecule has 5 rings (SSSR count). The molecule has 3 aromatic carbocycles. The van der Waals surface area contributed by atoms with Crippen molar-refractivity contribution in [3.05, 3.63) is 83.4 Å². The molecule has 1 aliphatic carbocycles. The molecule has 5 heteroatoms. The van der Waals surface area contributed by atoms with Crippen molar-refractivity contribution in [1.29, 1.82) is 0 Å². The number of oxazole rings is 1. The van der Waals surface area contributed by atoms with Crippen LogP contribution in [-0.4, -0.2) is 10.9 Å². The summed E-state index contributed by atoms with van der Waals surface area (Å²) in [5, 5.41) is 3.65. The molecule has 1 heterocycles. The van der Waals surface area contributed by atoms with E-state index in [1.165, 1.54) is 12.8 Å². The van der Waals surface area contributed by atoms with Crippen molar-refractivity contribution >= 4 is 34.3 Å². The molecule has 1 N–H and O–H groups in total. The third kappa shape index (κ3) is 4.08. The van der Waals surface area contributed by atoms with E-state index in [1.807, 2.05) is 66.7 Å². The van der Waals surface area contributed by atoms with E-state index in [2.05, 4.69) is 10.3 Å². The van der Waals surface area contributed by atoms with Gasteiger partial charge in [0.25, 0.3) is 0 Å². The van der Waals surface area contributed by atoms with Gasteiger partial charge in [-0.1, -0.05) is 66.9 Å². The molecule has 0 radical (unpaired) electrons. The molecule has 1 unspecified atom stereocenters. The Labute approximate surface area is 186 Å². The Hall–Kier alpha value is -3.11. The fourth-order valence-corrected chi connectivity index (χ4v) is 4.76. The van der Waals surface area contributed by atoms with Crippen LogP contribution in [0.1, 0.15) is 37.2 Å². The lowest BCUT2D eigenvalue weighted by Gasteiger charge is -2.23. The Bertz CT molecular complexity index is 1180. The van der Waals surface area contributed by atoms with Crippen LogP contribution in [0.5, 0.6) is 0 Å². The minimum atomic E-state index is -0.160. The minimum Gasteiger partial charge on any atom is -0.436 e. The molecule has 1 aromatic heterocycles. The lowest BCUT2D eigenvalue weighted by Crippen LogP contribution is -2.26. The third-order valence-electron chi connectivity index (χ3n) is 6.07. The summed E-state index contributed by atoms with van der Waals surface area (Å²) in [5.41, 5.74) is 3.89. The van der Waals surface area contributed by atoms with Crippen LogP contribution >= 0.6 is 11.6 Å². The highest BCUT2D eigenvalue weighted by Crippen LogP contribution is 2.39. The number of carbonyl (C=O) groups excluding carboxylic acids is 1. The molecule has 1 aliphatic rings. The van der Waals surface area contributed by atoms with Crippen molar-refractivity contribution < 1.29 is 9.21 Å². The molecule has 31 heavy (non-hydrogen) atoms. The van der Waals surface area contributed by atoms with Crippen LogP contribution in [0.25, 0.3) is 22.6 Å². The summed E-state index contributed by atoms with van der Waals surface area (Å²) >= 11 is 6.44. The third-order valence-corrected chi connectivity index (χ3v) is 6.40. The first-order chi connectivity index (χ1) is 15.2. The van der Waals surface area contributed by atoms with Crippen molar-refractivity contribution in [2.75, 3.05) is 5.32 Å². The van der Waals surface area contributed by atoms with Gasteiger partial charge in [0.1, 0.15) is 5.52 Å². The zero-order chi connectivity index (χ0) is 21.2. The Balaban J connectivity index is 1.45. The zero-order valence-corrected chi connectivity index (χ0v) is 17.8. The summed E-state index contributed by atoms with van der Waals surface area (Å²) < 4.78 is 5.88. The molecule has 1 atom stereocenters. The fourth-order valence-electron chi connectivity index (χ4n) is 4.56. The average molecular weight is 431 g/mol. The topological polar surface area (TPSA) is 55.1 Å². The zero-order valence-electron chi connectivity index (χ0n) is 17.1. The number of benzene rings is 3. The SMILES string of the molecule is O=C(Nc1ccc(Cl)c(-c2nc3ccccc3o2)c1)C(c1ccccc1)C1CCCC1. The standard InChI is InChI=1S/C26H23ClN2O2/c27-21-15-14-19(16-20(21)26-29-22-12-6-7-13-23(22)31-26)28-25(30)24(18-10-4-5-11-18)17-8-2-1-3-9-17/h1-3,6-9,12-16,18,24H,4-5,10-11H2,(H,28,30). The van der Waals surface area contributed by atoms with E-state index in [9.17, 15) is 4.79 Å². The molecule has 4 aromatic rings. The summed E-state index contributed by atoms with van der Waals surface area (Å²) in [4.78, 5) is 17.9. The molecule has 4 nitrogen and oxygen atoms in total. The number of hydrogen-bond donors (Lipinski definition) is 1. The van der Waals surface area contributed by atoms with Gasteiger partial charge in [0, 0.05) is 5.69 Å². The maximum absolute atomic E-state index is 13.4. The van der Waals surface area contributed by atoms with Gasteiger partial charge in [-0.25, -0.2) is 4.98 Å². The average Bonchev–Trinajstić information content (AvgIpc) is 3.46. The molecular formula is C26H23ClN2O2. The lowest BCUT2D eigenvalue weighted by molar-refractivity contribution is -0.118. The van der Waals surface area contributed by atoms with Crippen molar-refractivity contribution in [3.8, 4) is 11.5 Å². The number of nitrogens with one attached hydrogen (secondary N) is 1. The number of carbonyl (C=O) groups is 1. The monoisotopic (exact) mass is 430 g/mol. The molecule has 1 saturated carbocycles. The van der Waals surface area contributed by atoms with Crippen LogP contribution < -0.4 is 5.32 Å². The molecule has 0 saturated heterocycles. The van der Waals surface area contributed by atoms with Gasteiger partial charge < -0.3 is 9.73 Å². The summed E-state index contributed by atoms with van der Waals surface area (Å²) in [5.74, 6) is 0.667. The number of halogens is 1. The second-order valence-electron chi connectivity index (χ2n) is 8.10. The molecule has 1 amide bonds. The quantitative estimate of drug-likeness (QED) is 0.368. The summed E-state index contributed by atoms with van der Waals surface area (Å²) in [7, 11) is 0. The van der Waals surface area contributed by atoms with Crippen LogP contribution in [0.3, 0.4) is 0 Å². The Morgan fingerprint density at radius 1 is 1.00 bits per heavy atom. The molecular weight excluding hydrogens is 408 g/mol. The first kappa shape index (κ1) is 19.8. The summed E-state index contributed by atoms with van der Waals surface area (Å²) in [6.07, 6.45) is 4.54. The van der Waals surface area contributed by atoms with Crippen LogP contribution in [0, 0.1) is 5.92 Å². The van der Waals surface area contributed by atoms with E-state index in [1.54, 1.807) is 6.07 Å². The van der Waals surface area contributed by atoms with Crippen molar-refractivity contribution in [2.45, 2.75) is 31.6 Å². The van der Waals surface area contributed by atoms with E-state index in [-0.39, 0.29) is 11.8 Å². The largest absolute Gasteiger partial charge is 0.436 e. The number of anilines is 1. The van der Waals surface area contributed by atoms with E-state index >= 15 is 0 Å². The van der Waals surface area contributed by atoms with Crippen LogP contribution in [0.4, 0.5) is 5.69 Å². The van der Waals surface area contributed by atoms with Crippen molar-refractivity contribution in [3.63, 3.8) is 0 Å². The van der Waals surface area contributed by atoms with Gasteiger partial charge in [0.2, 0.25) is 11.8 Å². The first-order valence-corrected chi connectivity index (χ1v) is 11.1. The van der Waals surface area contributed by atoms with Gasteiger partial charge in [0.05, 0.1) is 16.5 Å². The number of rotatable bonds is 5. The Morgan fingerprint density at radius 3 is 2.52 bits per heavy atom. The minimum absolute atomic E-state index is 0.0175. The maximum Gasteiger partial charge on any atom is 0.232 e. The van der Waals surface area contributed by atoms with Gasteiger partial charge in [0.15, 0.2) is 5.58 Å². The van der Waals surface area contributed by atoms with Gasteiger partial charge in [-0.15, -0.1) is 0 Å². The lowest BCUT2D eigenvalue weighted by atomic mass is 9.84. The smallest absolute Gasteiger partial charge is 0.232 e. The van der Waals surface area contributed by atoms with Crippen LogP contribution in [0.15, 0.2) is 77.2 Å². The number of fused-ring (bicyclic) bond motifs is 1. The highest BCUT2D eigenvalue weighted by atomic mass is 35.5. The van der Waals surface area contributed by atoms with Gasteiger partial charge in [-0.05, 0) is 54.7 Å². The van der Waals surface area contributed by atoms with E-state index in [0.29, 0.717) is 33.7 Å². The van der Waals surface area contributed by atoms with E-state index in [4.69, 9.17) is 16.0 Å². The molecule has 156 valence electrons. The van der Waals surface area contributed by atoms with Crippen LogP contribution in [0.2, 0.25) is 5.02 Å². The Morgan fingerprint density at radius 2 is 1.74 bits per heavy atom. The first-order valence-electron chi connectivity index (χ1n) is 10.7. The maximum atomic E-state index is 13.4. The van der Waals surface area contributed by atoms with Crippen molar-refractivity contribution in [2.24, 2.45) is 5.92 Å². The molecule has 1 fully saturated rings. The summed E-state index contributed by atoms with van der Waals surface area (Å²) in [6.45, 7) is 0. The molecule has 0 aliphatic heterocycles. The predicted octanol–water partition coefficient (Wildman–Crippen LogP) is 7.06. The second-order valence-corrected chi connectivity index (χ2v) is 8.51. The molecule has 0 bridgehead atoms. The Kier molecular flexibility index (Phi) is 5.47. The number of para-hydroxylation sites is 2. The van der Waals surface area contributed by atoms with Gasteiger partial charge >= 0.3 is 0 Å². The number of nitrogens with zero attached hydrogens (tertiary/aromatic N) is 1. The fraction of sp³-hybridized carbons (Fsp3) is 0.231. The van der Waals surface area contributed by atoms with Crippen LogP contribution in [-0.2, 0) is 4.79 Å². The van der Waals surface area contributed by atoms with Gasteiger partial charge in [-0.2, -0.15) is 0 Å². The summed E-state index contributed by atoms with van der Waals surface area (Å²) in [6, 6.07) is 23.1. The number of amides is 1. The normalized spacial score (nSPS) is 15.3. The van der Waals surface area contributed by atoms with Gasteiger partial charge in [-0.3, -0.25) is 4.79 Å². The van der Waals surface area contributed by atoms with Crippen molar-refractivity contribution in [1.82, 2.24) is 4.98 Å². The van der Waals surface area contributed by atoms with E-state index in [0.717, 1.165) is 23.9 Å². The second kappa shape index (κ2) is 8.56. The van der Waals surface area contributed by atoms with E-state index < -0.39 is 0 Å².